The summed E-state index contributed by atoms with van der Waals surface area (Å²) in [7, 11) is 1.67. The van der Waals surface area contributed by atoms with Gasteiger partial charge in [0.15, 0.2) is 0 Å². The number of aromatic amines is 1. The van der Waals surface area contributed by atoms with Crippen LogP contribution in [0.2, 0.25) is 0 Å². The molecule has 0 spiro atoms. The lowest BCUT2D eigenvalue weighted by Gasteiger charge is -2.08. The Morgan fingerprint density at radius 2 is 2.11 bits per heavy atom. The number of nitrogens with one attached hydrogen (secondary N) is 1. The summed E-state index contributed by atoms with van der Waals surface area (Å²) in [4.78, 5) is 7.89. The van der Waals surface area contributed by atoms with E-state index in [-0.39, 0.29) is 6.61 Å². The highest BCUT2D eigenvalue weighted by atomic mass is 16.5. The van der Waals surface area contributed by atoms with E-state index < -0.39 is 0 Å². The maximum absolute atomic E-state index is 8.88. The Labute approximate surface area is 113 Å². The van der Waals surface area contributed by atoms with Crippen molar-refractivity contribution in [2.45, 2.75) is 26.7 Å². The lowest BCUT2D eigenvalue weighted by atomic mass is 10.1. The molecule has 0 amide bonds. The zero-order valence-corrected chi connectivity index (χ0v) is 11.7. The van der Waals surface area contributed by atoms with Crippen molar-refractivity contribution in [1.29, 1.82) is 0 Å². The number of methoxy groups -OCH3 is 1. The molecule has 2 rings (SSSR count). The molecule has 0 aliphatic carbocycles. The van der Waals surface area contributed by atoms with Gasteiger partial charge in [-0.3, -0.25) is 0 Å². The molecule has 0 saturated heterocycles. The Morgan fingerprint density at radius 1 is 1.32 bits per heavy atom. The molecule has 102 valence electrons. The monoisotopic (exact) mass is 260 g/mol. The highest BCUT2D eigenvalue weighted by Gasteiger charge is 2.13. The lowest BCUT2D eigenvalue weighted by Crippen LogP contribution is -1.92. The minimum Gasteiger partial charge on any atom is -0.496 e. The molecular weight excluding hydrogens is 240 g/mol. The third-order valence-corrected chi connectivity index (χ3v) is 3.12. The number of hydrogen-bond donors (Lipinski definition) is 2. The van der Waals surface area contributed by atoms with E-state index in [0.717, 1.165) is 41.4 Å². The van der Waals surface area contributed by atoms with Gasteiger partial charge in [-0.1, -0.05) is 11.6 Å². The molecule has 0 fully saturated rings. The van der Waals surface area contributed by atoms with Crippen LogP contribution in [0.4, 0.5) is 0 Å². The fourth-order valence-electron chi connectivity index (χ4n) is 2.16. The third-order valence-electron chi connectivity index (χ3n) is 3.12. The van der Waals surface area contributed by atoms with Crippen molar-refractivity contribution in [3.8, 4) is 17.0 Å². The van der Waals surface area contributed by atoms with Gasteiger partial charge in [-0.05, 0) is 32.4 Å². The first-order valence-corrected chi connectivity index (χ1v) is 6.47. The normalized spacial score (nSPS) is 10.7. The Hall–Kier alpha value is -1.81. The molecule has 0 bridgehead atoms. The van der Waals surface area contributed by atoms with E-state index in [9.17, 15) is 0 Å². The van der Waals surface area contributed by atoms with Crippen LogP contribution in [-0.2, 0) is 6.42 Å². The van der Waals surface area contributed by atoms with Gasteiger partial charge in [-0.25, -0.2) is 4.98 Å². The zero-order valence-electron chi connectivity index (χ0n) is 11.7. The van der Waals surface area contributed by atoms with Crippen molar-refractivity contribution >= 4 is 0 Å². The van der Waals surface area contributed by atoms with E-state index in [2.05, 4.69) is 23.0 Å². The van der Waals surface area contributed by atoms with Crippen LogP contribution in [0, 0.1) is 13.8 Å². The quantitative estimate of drug-likeness (QED) is 0.869. The minimum atomic E-state index is 0.183. The number of hydrogen-bond acceptors (Lipinski definition) is 3. The van der Waals surface area contributed by atoms with Gasteiger partial charge in [0.2, 0.25) is 0 Å². The summed E-state index contributed by atoms with van der Waals surface area (Å²) < 4.78 is 5.41. The van der Waals surface area contributed by atoms with Crippen LogP contribution in [0.15, 0.2) is 18.2 Å². The number of nitrogens with zero attached hydrogens (tertiary/aromatic N) is 1. The third kappa shape index (κ3) is 2.96. The average molecular weight is 260 g/mol. The van der Waals surface area contributed by atoms with Crippen molar-refractivity contribution in [3.05, 3.63) is 35.3 Å². The van der Waals surface area contributed by atoms with Crippen molar-refractivity contribution in [2.75, 3.05) is 13.7 Å². The van der Waals surface area contributed by atoms with Crippen LogP contribution in [0.25, 0.3) is 11.3 Å². The molecule has 1 heterocycles. The molecule has 0 atom stereocenters. The second-order valence-electron chi connectivity index (χ2n) is 4.69. The summed E-state index contributed by atoms with van der Waals surface area (Å²) in [6, 6.07) is 6.07. The van der Waals surface area contributed by atoms with Gasteiger partial charge in [0.25, 0.3) is 0 Å². The molecule has 0 aliphatic rings. The van der Waals surface area contributed by atoms with E-state index >= 15 is 0 Å². The van der Waals surface area contributed by atoms with Gasteiger partial charge >= 0.3 is 0 Å². The summed E-state index contributed by atoms with van der Waals surface area (Å²) in [6.07, 6.45) is 1.48. The highest BCUT2D eigenvalue weighted by Crippen LogP contribution is 2.31. The molecule has 0 unspecified atom stereocenters. The van der Waals surface area contributed by atoms with Gasteiger partial charge < -0.3 is 14.8 Å². The summed E-state index contributed by atoms with van der Waals surface area (Å²) in [5.74, 6) is 1.74. The second-order valence-corrected chi connectivity index (χ2v) is 4.69. The first-order valence-electron chi connectivity index (χ1n) is 6.47. The Kier molecular flexibility index (Phi) is 4.22. The smallest absolute Gasteiger partial charge is 0.128 e. The average Bonchev–Trinajstić information content (AvgIpc) is 2.77. The molecule has 0 radical (unpaired) electrons. The van der Waals surface area contributed by atoms with Crippen molar-refractivity contribution in [2.24, 2.45) is 0 Å². The Morgan fingerprint density at radius 3 is 2.79 bits per heavy atom. The van der Waals surface area contributed by atoms with Crippen LogP contribution >= 0.6 is 0 Å². The lowest BCUT2D eigenvalue weighted by molar-refractivity contribution is 0.287. The molecule has 1 aromatic carbocycles. The maximum Gasteiger partial charge on any atom is 0.128 e. The molecule has 2 aromatic rings. The van der Waals surface area contributed by atoms with Crippen LogP contribution in [-0.4, -0.2) is 28.8 Å². The topological polar surface area (TPSA) is 58.1 Å². The first-order chi connectivity index (χ1) is 9.15. The largest absolute Gasteiger partial charge is 0.496 e. The number of ether oxygens (including phenoxy) is 1. The van der Waals surface area contributed by atoms with Gasteiger partial charge in [-0.2, -0.15) is 0 Å². The van der Waals surface area contributed by atoms with Crippen LogP contribution in [0.3, 0.4) is 0 Å². The summed E-state index contributed by atoms with van der Waals surface area (Å²) in [6.45, 7) is 4.24. The molecular formula is C15H20N2O2. The van der Waals surface area contributed by atoms with Gasteiger partial charge in [0.05, 0.1) is 12.8 Å². The number of aromatic nitrogens is 2. The molecule has 4 heteroatoms. The van der Waals surface area contributed by atoms with E-state index in [1.165, 1.54) is 5.56 Å². The number of aliphatic hydroxyl groups is 1. The number of rotatable bonds is 5. The number of imidazole rings is 1. The van der Waals surface area contributed by atoms with Gasteiger partial charge in [0, 0.05) is 24.3 Å². The molecule has 2 N–H and O–H groups in total. The Balaban J connectivity index is 2.40. The van der Waals surface area contributed by atoms with E-state index in [0.29, 0.717) is 0 Å². The predicted molar refractivity (Wildman–Crippen MR) is 75.5 cm³/mol. The van der Waals surface area contributed by atoms with Crippen molar-refractivity contribution in [3.63, 3.8) is 0 Å². The fourth-order valence-corrected chi connectivity index (χ4v) is 2.16. The summed E-state index contributed by atoms with van der Waals surface area (Å²) >= 11 is 0. The molecule has 1 aromatic heterocycles. The number of H-pyrrole nitrogens is 1. The van der Waals surface area contributed by atoms with E-state index in [1.807, 2.05) is 19.1 Å². The number of aryl methyl sites for hydroxylation is 3. The number of benzene rings is 1. The maximum atomic E-state index is 8.88. The molecule has 0 aliphatic heterocycles. The van der Waals surface area contributed by atoms with Gasteiger partial charge in [-0.15, -0.1) is 0 Å². The van der Waals surface area contributed by atoms with Crippen molar-refractivity contribution < 1.29 is 9.84 Å². The van der Waals surface area contributed by atoms with Crippen molar-refractivity contribution in [1.82, 2.24) is 9.97 Å². The zero-order chi connectivity index (χ0) is 13.8. The highest BCUT2D eigenvalue weighted by molar-refractivity contribution is 5.70. The predicted octanol–water partition coefficient (Wildman–Crippen LogP) is 2.63. The van der Waals surface area contributed by atoms with E-state index in [4.69, 9.17) is 9.84 Å². The minimum absolute atomic E-state index is 0.183. The Bertz CT molecular complexity index is 561. The standard InChI is InChI=1S/C15H20N2O2/c1-10-6-7-13(19-3)12(9-10)15-11(2)16-14(17-15)5-4-8-18/h6-7,9,18H,4-5,8H2,1-3H3,(H,16,17). The fraction of sp³-hybridized carbons (Fsp3) is 0.400. The van der Waals surface area contributed by atoms with Crippen LogP contribution < -0.4 is 4.74 Å². The van der Waals surface area contributed by atoms with Gasteiger partial charge in [0.1, 0.15) is 11.6 Å². The number of aliphatic hydroxyl groups excluding tert-OH is 1. The summed E-state index contributed by atoms with van der Waals surface area (Å²) in [5, 5.41) is 8.88. The first kappa shape index (κ1) is 13.6. The summed E-state index contributed by atoms with van der Waals surface area (Å²) in [5.41, 5.74) is 4.13. The molecule has 0 saturated carbocycles. The van der Waals surface area contributed by atoms with E-state index in [1.54, 1.807) is 7.11 Å². The SMILES string of the molecule is COc1ccc(C)cc1-c1nc(CCCO)[nH]c1C. The molecule has 4 nitrogen and oxygen atoms in total. The van der Waals surface area contributed by atoms with Crippen LogP contribution in [0.1, 0.15) is 23.5 Å². The molecule has 19 heavy (non-hydrogen) atoms. The second kappa shape index (κ2) is 5.89. The van der Waals surface area contributed by atoms with Crippen LogP contribution in [0.5, 0.6) is 5.75 Å².